The molecule has 0 aliphatic carbocycles. The number of fused-ring (bicyclic) bond motifs is 1. The summed E-state index contributed by atoms with van der Waals surface area (Å²) in [6.45, 7) is 3.96. The normalized spacial score (nSPS) is 14.6. The Kier molecular flexibility index (Phi) is 4.59. The monoisotopic (exact) mass is 351 g/mol. The van der Waals surface area contributed by atoms with Crippen molar-refractivity contribution in [3.05, 3.63) is 36.4 Å². The quantitative estimate of drug-likeness (QED) is 0.717. The number of nitrogens with two attached hydrogens (primary N) is 1. The molecule has 4 heterocycles. The highest BCUT2D eigenvalue weighted by Crippen LogP contribution is 2.33. The van der Waals surface area contributed by atoms with Crippen molar-refractivity contribution in [1.29, 1.82) is 0 Å². The molecular weight excluding hydrogens is 330 g/mol. The highest BCUT2D eigenvalue weighted by Gasteiger charge is 2.20. The van der Waals surface area contributed by atoms with Crippen LogP contribution in [0, 0.1) is 0 Å². The Bertz CT molecular complexity index is 925. The van der Waals surface area contributed by atoms with Gasteiger partial charge in [0, 0.05) is 44.5 Å². The number of nitrogens with one attached hydrogen (secondary N) is 1. The van der Waals surface area contributed by atoms with Crippen LogP contribution in [0.1, 0.15) is 5.69 Å². The van der Waals surface area contributed by atoms with E-state index >= 15 is 0 Å². The maximum atomic E-state index is 5.73. The van der Waals surface area contributed by atoms with Gasteiger partial charge in [-0.25, -0.2) is 9.97 Å². The number of aromatic nitrogens is 4. The third-order valence-electron chi connectivity index (χ3n) is 4.47. The molecule has 26 heavy (non-hydrogen) atoms. The third kappa shape index (κ3) is 3.04. The van der Waals surface area contributed by atoms with Crippen molar-refractivity contribution in [3.63, 3.8) is 0 Å². The topological polar surface area (TPSA) is 102 Å². The Balaban J connectivity index is 1.92. The number of hydrogen-bond donors (Lipinski definition) is 2. The van der Waals surface area contributed by atoms with Gasteiger partial charge in [0.05, 0.1) is 36.1 Å². The summed E-state index contributed by atoms with van der Waals surface area (Å²) in [4.78, 5) is 20.4. The van der Waals surface area contributed by atoms with Crippen LogP contribution in [0.5, 0.6) is 5.75 Å². The summed E-state index contributed by atoms with van der Waals surface area (Å²) >= 11 is 0. The molecule has 1 saturated heterocycles. The number of pyridine rings is 2. The molecule has 3 aromatic heterocycles. The molecule has 1 aliphatic rings. The van der Waals surface area contributed by atoms with E-state index in [1.807, 2.05) is 12.1 Å². The average Bonchev–Trinajstić information content (AvgIpc) is 2.73. The summed E-state index contributed by atoms with van der Waals surface area (Å²) in [5.74, 6) is 2.19. The van der Waals surface area contributed by atoms with Crippen molar-refractivity contribution in [2.75, 3.05) is 38.2 Å². The fourth-order valence-corrected chi connectivity index (χ4v) is 3.15. The van der Waals surface area contributed by atoms with Gasteiger partial charge in [-0.2, -0.15) is 0 Å². The number of nitrogens with zero attached hydrogens (tertiary/aromatic N) is 5. The molecular formula is C18H21N7O. The Morgan fingerprint density at radius 3 is 2.85 bits per heavy atom. The Morgan fingerprint density at radius 1 is 1.23 bits per heavy atom. The molecule has 4 rings (SSSR count). The lowest BCUT2D eigenvalue weighted by molar-refractivity contribution is 0.418. The molecule has 1 fully saturated rings. The average molecular weight is 351 g/mol. The van der Waals surface area contributed by atoms with Gasteiger partial charge in [0.1, 0.15) is 11.6 Å². The van der Waals surface area contributed by atoms with E-state index in [9.17, 15) is 0 Å². The number of piperazine rings is 1. The van der Waals surface area contributed by atoms with Gasteiger partial charge >= 0.3 is 0 Å². The highest BCUT2D eigenvalue weighted by atomic mass is 16.5. The van der Waals surface area contributed by atoms with Crippen molar-refractivity contribution >= 4 is 16.7 Å². The van der Waals surface area contributed by atoms with Crippen molar-refractivity contribution < 1.29 is 4.74 Å². The van der Waals surface area contributed by atoms with Crippen LogP contribution in [0.2, 0.25) is 0 Å². The first kappa shape index (κ1) is 16.6. The van der Waals surface area contributed by atoms with Crippen LogP contribution in [-0.4, -0.2) is 53.2 Å². The molecule has 0 unspecified atom stereocenters. The van der Waals surface area contributed by atoms with Crippen molar-refractivity contribution in [2.45, 2.75) is 6.54 Å². The minimum atomic E-state index is 0.376. The first-order chi connectivity index (χ1) is 12.8. The van der Waals surface area contributed by atoms with E-state index in [0.29, 0.717) is 18.1 Å². The van der Waals surface area contributed by atoms with Gasteiger partial charge < -0.3 is 20.7 Å². The Labute approximate surface area is 151 Å². The van der Waals surface area contributed by atoms with Crippen molar-refractivity contribution in [2.24, 2.45) is 5.73 Å². The summed E-state index contributed by atoms with van der Waals surface area (Å²) in [5, 5.41) is 4.26. The smallest absolute Gasteiger partial charge is 0.162 e. The van der Waals surface area contributed by atoms with Gasteiger partial charge in [0.15, 0.2) is 5.82 Å². The van der Waals surface area contributed by atoms with Crippen LogP contribution in [0.3, 0.4) is 0 Å². The summed E-state index contributed by atoms with van der Waals surface area (Å²) in [6, 6.07) is 3.83. The third-order valence-corrected chi connectivity index (χ3v) is 4.47. The summed E-state index contributed by atoms with van der Waals surface area (Å²) in [7, 11) is 1.64. The number of ether oxygens (including phenoxy) is 1. The van der Waals surface area contributed by atoms with E-state index in [-0.39, 0.29) is 0 Å². The maximum Gasteiger partial charge on any atom is 0.162 e. The van der Waals surface area contributed by atoms with Crippen LogP contribution in [0.25, 0.3) is 22.3 Å². The second-order valence-electron chi connectivity index (χ2n) is 6.08. The van der Waals surface area contributed by atoms with Gasteiger partial charge in [-0.1, -0.05) is 0 Å². The largest absolute Gasteiger partial charge is 0.494 e. The molecule has 8 nitrogen and oxygen atoms in total. The lowest BCUT2D eigenvalue weighted by Gasteiger charge is -2.29. The zero-order chi connectivity index (χ0) is 17.9. The minimum Gasteiger partial charge on any atom is -0.494 e. The molecule has 1 aliphatic heterocycles. The first-order valence-electron chi connectivity index (χ1n) is 8.61. The fraction of sp³-hybridized carbons (Fsp3) is 0.333. The number of methoxy groups -OCH3 is 1. The van der Waals surface area contributed by atoms with Gasteiger partial charge in [0.2, 0.25) is 0 Å². The van der Waals surface area contributed by atoms with E-state index in [2.05, 4.69) is 20.2 Å². The zero-order valence-electron chi connectivity index (χ0n) is 14.6. The second-order valence-corrected chi connectivity index (χ2v) is 6.08. The minimum absolute atomic E-state index is 0.376. The van der Waals surface area contributed by atoms with Crippen LogP contribution in [0.15, 0.2) is 30.7 Å². The van der Waals surface area contributed by atoms with Crippen LogP contribution in [0.4, 0.5) is 5.82 Å². The highest BCUT2D eigenvalue weighted by molar-refractivity contribution is 5.95. The lowest BCUT2D eigenvalue weighted by atomic mass is 10.2. The number of rotatable bonds is 4. The van der Waals surface area contributed by atoms with Crippen LogP contribution in [-0.2, 0) is 6.54 Å². The summed E-state index contributed by atoms with van der Waals surface area (Å²) < 4.78 is 5.53. The number of hydrogen-bond acceptors (Lipinski definition) is 8. The fourth-order valence-electron chi connectivity index (χ4n) is 3.15. The molecule has 134 valence electrons. The predicted molar refractivity (Wildman–Crippen MR) is 100 cm³/mol. The molecule has 0 radical (unpaired) electrons. The molecule has 0 saturated carbocycles. The molecule has 3 aromatic rings. The zero-order valence-corrected chi connectivity index (χ0v) is 14.6. The second kappa shape index (κ2) is 7.19. The molecule has 0 atom stereocenters. The molecule has 8 heteroatoms. The standard InChI is InChI=1S/C18H21N7O/c1-26-15-11-21-10-14-16(15)18(25-6-4-20-5-7-25)24-17(23-14)12-2-3-22-13(8-12)9-19/h2-3,8,10-11,20H,4-7,9,19H2,1H3. The SMILES string of the molecule is COc1cncc2nc(-c3ccnc(CN)c3)nc(N3CCNCC3)c12. The number of anilines is 1. The van der Waals surface area contributed by atoms with Gasteiger partial charge in [-0.15, -0.1) is 0 Å². The lowest BCUT2D eigenvalue weighted by Crippen LogP contribution is -2.44. The molecule has 0 aromatic carbocycles. The summed E-state index contributed by atoms with van der Waals surface area (Å²) in [5.41, 5.74) is 8.18. The van der Waals surface area contributed by atoms with Gasteiger partial charge in [0.25, 0.3) is 0 Å². The first-order valence-corrected chi connectivity index (χ1v) is 8.61. The van der Waals surface area contributed by atoms with Crippen molar-refractivity contribution in [1.82, 2.24) is 25.3 Å². The molecule has 0 spiro atoms. The van der Waals surface area contributed by atoms with Crippen LogP contribution >= 0.6 is 0 Å². The van der Waals surface area contributed by atoms with Gasteiger partial charge in [-0.05, 0) is 12.1 Å². The summed E-state index contributed by atoms with van der Waals surface area (Å²) in [6.07, 6.45) is 5.19. The van der Waals surface area contributed by atoms with E-state index in [1.54, 1.807) is 25.7 Å². The van der Waals surface area contributed by atoms with E-state index in [1.165, 1.54) is 0 Å². The molecule has 0 amide bonds. The van der Waals surface area contributed by atoms with E-state index in [4.69, 9.17) is 20.4 Å². The molecule has 0 bridgehead atoms. The van der Waals surface area contributed by atoms with Gasteiger partial charge in [-0.3, -0.25) is 9.97 Å². The Hall–Kier alpha value is -2.84. The maximum absolute atomic E-state index is 5.73. The van der Waals surface area contributed by atoms with E-state index < -0.39 is 0 Å². The van der Waals surface area contributed by atoms with E-state index in [0.717, 1.165) is 54.2 Å². The van der Waals surface area contributed by atoms with Crippen molar-refractivity contribution in [3.8, 4) is 17.1 Å². The molecule has 3 N–H and O–H groups in total. The predicted octanol–water partition coefficient (Wildman–Crippen LogP) is 0.964. The Morgan fingerprint density at radius 2 is 2.08 bits per heavy atom. The van der Waals surface area contributed by atoms with Crippen LogP contribution < -0.4 is 20.7 Å².